The molecular formula is C15H12ClN2O6-. The molecule has 0 unspecified atom stereocenters. The Morgan fingerprint density at radius 3 is 2.29 bits per heavy atom. The summed E-state index contributed by atoms with van der Waals surface area (Å²) in [4.78, 5) is 47.9. The second-order valence-corrected chi connectivity index (χ2v) is 5.33. The number of barbiturate groups is 1. The summed E-state index contributed by atoms with van der Waals surface area (Å²) in [5.74, 6) is -2.73. The second-order valence-electron chi connectivity index (χ2n) is 4.92. The lowest BCUT2D eigenvalue weighted by atomic mass is 10.1. The van der Waals surface area contributed by atoms with Crippen molar-refractivity contribution in [3.63, 3.8) is 0 Å². The Labute approximate surface area is 141 Å². The van der Waals surface area contributed by atoms with Gasteiger partial charge in [-0.1, -0.05) is 17.7 Å². The van der Waals surface area contributed by atoms with E-state index in [0.29, 0.717) is 5.56 Å². The van der Waals surface area contributed by atoms with Gasteiger partial charge in [0.2, 0.25) is 0 Å². The summed E-state index contributed by atoms with van der Waals surface area (Å²) >= 11 is 5.97. The average Bonchev–Trinajstić information content (AvgIpc) is 2.54. The number of urea groups is 1. The van der Waals surface area contributed by atoms with E-state index < -0.39 is 30.4 Å². The summed E-state index contributed by atoms with van der Waals surface area (Å²) in [6, 6.07) is 3.57. The number of imide groups is 2. The zero-order valence-electron chi connectivity index (χ0n) is 12.7. The largest absolute Gasteiger partial charge is 0.546 e. The molecule has 0 aromatic heterocycles. The van der Waals surface area contributed by atoms with Crippen LogP contribution in [-0.2, 0) is 14.4 Å². The van der Waals surface area contributed by atoms with Crippen LogP contribution in [0.3, 0.4) is 0 Å². The Morgan fingerprint density at radius 1 is 1.21 bits per heavy atom. The summed E-state index contributed by atoms with van der Waals surface area (Å²) in [6.45, 7) is -0.658. The molecule has 0 N–H and O–H groups in total. The minimum Gasteiger partial charge on any atom is -0.546 e. The first-order valence-corrected chi connectivity index (χ1v) is 7.04. The first-order chi connectivity index (χ1) is 11.2. The molecule has 4 amide bonds. The summed E-state index contributed by atoms with van der Waals surface area (Å²) in [5.41, 5.74) is 0.215. The van der Waals surface area contributed by atoms with E-state index in [1.54, 1.807) is 0 Å². The fourth-order valence-corrected chi connectivity index (χ4v) is 2.25. The zero-order chi connectivity index (χ0) is 18.0. The van der Waals surface area contributed by atoms with Gasteiger partial charge in [-0.15, -0.1) is 0 Å². The Bertz CT molecular complexity index is 747. The predicted octanol–water partition coefficient (Wildman–Crippen LogP) is -0.0975. The van der Waals surface area contributed by atoms with Crippen LogP contribution in [0.15, 0.2) is 23.8 Å². The van der Waals surface area contributed by atoms with E-state index in [1.807, 2.05) is 0 Å². The molecule has 0 atom stereocenters. The van der Waals surface area contributed by atoms with Gasteiger partial charge in [0.15, 0.2) is 0 Å². The quantitative estimate of drug-likeness (QED) is 0.554. The van der Waals surface area contributed by atoms with Gasteiger partial charge in [-0.25, -0.2) is 4.79 Å². The van der Waals surface area contributed by atoms with Gasteiger partial charge in [0.25, 0.3) is 11.8 Å². The number of carbonyl (C=O) groups is 4. The van der Waals surface area contributed by atoms with E-state index >= 15 is 0 Å². The lowest BCUT2D eigenvalue weighted by Gasteiger charge is -2.28. The van der Waals surface area contributed by atoms with Gasteiger partial charge < -0.3 is 14.6 Å². The van der Waals surface area contributed by atoms with Crippen molar-refractivity contribution in [1.82, 2.24) is 9.80 Å². The summed E-state index contributed by atoms with van der Waals surface area (Å²) in [5, 5.41) is 10.5. The third-order valence-electron chi connectivity index (χ3n) is 3.26. The van der Waals surface area contributed by atoms with E-state index in [2.05, 4.69) is 0 Å². The van der Waals surface area contributed by atoms with Gasteiger partial charge in [0.1, 0.15) is 17.9 Å². The highest BCUT2D eigenvalue weighted by Crippen LogP contribution is 2.27. The summed E-state index contributed by atoms with van der Waals surface area (Å²) in [7, 11) is 2.54. The third-order valence-corrected chi connectivity index (χ3v) is 3.55. The maximum Gasteiger partial charge on any atom is 0.333 e. The number of benzene rings is 1. The molecule has 0 bridgehead atoms. The average molecular weight is 352 g/mol. The third kappa shape index (κ3) is 3.38. The van der Waals surface area contributed by atoms with Gasteiger partial charge in [-0.2, -0.15) is 0 Å². The van der Waals surface area contributed by atoms with Crippen molar-refractivity contribution in [3.05, 3.63) is 34.4 Å². The molecule has 126 valence electrons. The normalized spacial score (nSPS) is 15.0. The van der Waals surface area contributed by atoms with E-state index in [-0.39, 0.29) is 16.3 Å². The van der Waals surface area contributed by atoms with Gasteiger partial charge in [-0.3, -0.25) is 19.4 Å². The summed E-state index contributed by atoms with van der Waals surface area (Å²) in [6.07, 6.45) is 1.29. The summed E-state index contributed by atoms with van der Waals surface area (Å²) < 4.78 is 4.92. The van der Waals surface area contributed by atoms with Crippen molar-refractivity contribution in [2.75, 3.05) is 20.7 Å². The highest BCUT2D eigenvalue weighted by molar-refractivity contribution is 6.32. The number of amides is 4. The molecule has 1 aromatic carbocycles. The number of rotatable bonds is 4. The molecule has 0 spiro atoms. The van der Waals surface area contributed by atoms with Crippen LogP contribution in [0.25, 0.3) is 6.08 Å². The SMILES string of the molecule is CN1C(=O)C(=Cc2ccc(OCC(=O)[O-])c(Cl)c2)C(=O)N(C)C1=O. The van der Waals surface area contributed by atoms with Crippen molar-refractivity contribution in [3.8, 4) is 5.75 Å². The fourth-order valence-electron chi connectivity index (χ4n) is 2.00. The first-order valence-electron chi connectivity index (χ1n) is 6.66. The number of halogens is 1. The van der Waals surface area contributed by atoms with Crippen molar-refractivity contribution in [2.45, 2.75) is 0 Å². The molecule has 1 aromatic rings. The number of hydrogen-bond acceptors (Lipinski definition) is 6. The minimum atomic E-state index is -1.40. The molecule has 2 rings (SSSR count). The zero-order valence-corrected chi connectivity index (χ0v) is 13.5. The van der Waals surface area contributed by atoms with Crippen molar-refractivity contribution in [1.29, 1.82) is 0 Å². The van der Waals surface area contributed by atoms with Crippen molar-refractivity contribution >= 4 is 41.5 Å². The number of nitrogens with zero attached hydrogens (tertiary/aromatic N) is 2. The number of likely N-dealkylation sites (N-methyl/N-ethyl adjacent to an activating group) is 2. The molecule has 0 aliphatic carbocycles. The second kappa shape index (κ2) is 6.71. The number of aliphatic carboxylic acids is 1. The lowest BCUT2D eigenvalue weighted by Crippen LogP contribution is -2.52. The van der Waals surface area contributed by atoms with Crippen LogP contribution in [0.4, 0.5) is 4.79 Å². The van der Waals surface area contributed by atoms with Crippen LogP contribution in [0.1, 0.15) is 5.56 Å². The molecule has 1 aliphatic heterocycles. The number of hydrogen-bond donors (Lipinski definition) is 0. The molecule has 1 aliphatic rings. The number of carbonyl (C=O) groups excluding carboxylic acids is 4. The Hall–Kier alpha value is -2.87. The Kier molecular flexibility index (Phi) is 4.89. The van der Waals surface area contributed by atoms with Crippen LogP contribution >= 0.6 is 11.6 Å². The van der Waals surface area contributed by atoms with E-state index in [0.717, 1.165) is 9.80 Å². The van der Waals surface area contributed by atoms with Gasteiger partial charge >= 0.3 is 6.03 Å². The molecular weight excluding hydrogens is 340 g/mol. The van der Waals surface area contributed by atoms with Crippen LogP contribution in [0.2, 0.25) is 5.02 Å². The molecule has 1 fully saturated rings. The van der Waals surface area contributed by atoms with E-state index in [4.69, 9.17) is 16.3 Å². The molecule has 0 radical (unpaired) electrons. The van der Waals surface area contributed by atoms with Crippen LogP contribution < -0.4 is 9.84 Å². The smallest absolute Gasteiger partial charge is 0.333 e. The van der Waals surface area contributed by atoms with Gasteiger partial charge in [-0.05, 0) is 23.8 Å². The predicted molar refractivity (Wildman–Crippen MR) is 80.9 cm³/mol. The Morgan fingerprint density at radius 2 is 1.79 bits per heavy atom. The van der Waals surface area contributed by atoms with Crippen molar-refractivity contribution < 1.29 is 29.0 Å². The van der Waals surface area contributed by atoms with E-state index in [1.165, 1.54) is 38.4 Å². The highest BCUT2D eigenvalue weighted by atomic mass is 35.5. The maximum atomic E-state index is 12.1. The highest BCUT2D eigenvalue weighted by Gasteiger charge is 2.37. The molecule has 1 heterocycles. The van der Waals surface area contributed by atoms with Gasteiger partial charge in [0, 0.05) is 14.1 Å². The van der Waals surface area contributed by atoms with Crippen molar-refractivity contribution in [2.24, 2.45) is 0 Å². The number of carboxylic acid groups (broad SMARTS) is 1. The molecule has 0 saturated carbocycles. The lowest BCUT2D eigenvalue weighted by molar-refractivity contribution is -0.307. The van der Waals surface area contributed by atoms with Crippen LogP contribution in [0, 0.1) is 0 Å². The molecule has 1 saturated heterocycles. The molecule has 8 nitrogen and oxygen atoms in total. The Balaban J connectivity index is 2.31. The van der Waals surface area contributed by atoms with Crippen LogP contribution in [0.5, 0.6) is 5.75 Å². The number of carboxylic acids is 1. The molecule has 9 heteroatoms. The van der Waals surface area contributed by atoms with E-state index in [9.17, 15) is 24.3 Å². The first kappa shape index (κ1) is 17.5. The fraction of sp³-hybridized carbons (Fsp3) is 0.200. The maximum absolute atomic E-state index is 12.1. The van der Waals surface area contributed by atoms with Crippen LogP contribution in [-0.4, -0.2) is 54.3 Å². The number of ether oxygens (including phenoxy) is 1. The monoisotopic (exact) mass is 351 g/mol. The minimum absolute atomic E-state index is 0.0964. The standard InChI is InChI=1S/C15H13ClN2O6/c1-17-13(21)9(14(22)18(2)15(17)23)5-8-3-4-11(10(16)6-8)24-7-12(19)20/h3-6H,7H2,1-2H3,(H,19,20)/p-1. The topological polar surface area (TPSA) is 107 Å². The molecule has 24 heavy (non-hydrogen) atoms. The van der Waals surface area contributed by atoms with Gasteiger partial charge in [0.05, 0.1) is 11.0 Å².